The summed E-state index contributed by atoms with van der Waals surface area (Å²) in [6.07, 6.45) is 1.10. The highest BCUT2D eigenvalue weighted by molar-refractivity contribution is 6.30. The second kappa shape index (κ2) is 7.37. The van der Waals surface area contributed by atoms with Gasteiger partial charge in [0.2, 0.25) is 0 Å². The molecular formula is C18H22ClNO. The van der Waals surface area contributed by atoms with Crippen LogP contribution in [-0.4, -0.2) is 12.1 Å². The van der Waals surface area contributed by atoms with Gasteiger partial charge in [-0.3, -0.25) is 0 Å². The Kier molecular flexibility index (Phi) is 5.51. The highest BCUT2D eigenvalue weighted by Gasteiger charge is 2.09. The van der Waals surface area contributed by atoms with E-state index in [2.05, 4.69) is 30.4 Å². The molecule has 2 rings (SSSR count). The Morgan fingerprint density at radius 1 is 1.00 bits per heavy atom. The molecule has 21 heavy (non-hydrogen) atoms. The third-order valence-corrected chi connectivity index (χ3v) is 3.36. The Morgan fingerprint density at radius 2 is 1.67 bits per heavy atom. The van der Waals surface area contributed by atoms with Crippen molar-refractivity contribution in [2.75, 3.05) is 5.32 Å². The molecule has 0 radical (unpaired) electrons. The molecule has 0 fully saturated rings. The van der Waals surface area contributed by atoms with Crippen molar-refractivity contribution in [3.63, 3.8) is 0 Å². The van der Waals surface area contributed by atoms with Gasteiger partial charge in [0, 0.05) is 11.1 Å². The molecule has 0 aliphatic rings. The average Bonchev–Trinajstić information content (AvgIpc) is 2.43. The molecule has 0 aromatic heterocycles. The topological polar surface area (TPSA) is 21.3 Å². The Bertz CT molecular complexity index is 566. The summed E-state index contributed by atoms with van der Waals surface area (Å²) in [4.78, 5) is 0. The van der Waals surface area contributed by atoms with Crippen LogP contribution in [0.4, 0.5) is 5.69 Å². The molecule has 2 aromatic carbocycles. The van der Waals surface area contributed by atoms with E-state index in [-0.39, 0.29) is 6.10 Å². The Morgan fingerprint density at radius 3 is 2.33 bits per heavy atom. The van der Waals surface area contributed by atoms with Crippen LogP contribution in [-0.2, 0) is 6.42 Å². The zero-order valence-electron chi connectivity index (χ0n) is 12.8. The maximum absolute atomic E-state index is 5.92. The lowest BCUT2D eigenvalue weighted by Gasteiger charge is -2.19. The van der Waals surface area contributed by atoms with E-state index in [1.54, 1.807) is 0 Å². The first-order chi connectivity index (χ1) is 10.0. The van der Waals surface area contributed by atoms with Crippen LogP contribution in [0, 0.1) is 0 Å². The Balaban J connectivity index is 2.02. The number of para-hydroxylation sites is 2. The van der Waals surface area contributed by atoms with Gasteiger partial charge in [-0.2, -0.15) is 0 Å². The van der Waals surface area contributed by atoms with Crippen molar-refractivity contribution in [3.05, 3.63) is 59.1 Å². The lowest BCUT2D eigenvalue weighted by molar-refractivity contribution is 0.243. The Hall–Kier alpha value is -1.67. The second-order valence-electron chi connectivity index (χ2n) is 5.54. The van der Waals surface area contributed by atoms with Gasteiger partial charge in [-0.25, -0.2) is 0 Å². The minimum atomic E-state index is 0.166. The number of rotatable bonds is 6. The molecule has 3 heteroatoms. The zero-order valence-corrected chi connectivity index (χ0v) is 13.5. The molecule has 2 aromatic rings. The lowest BCUT2D eigenvalue weighted by atomic mass is 10.1. The van der Waals surface area contributed by atoms with Crippen molar-refractivity contribution in [2.24, 2.45) is 0 Å². The molecule has 0 saturated heterocycles. The first-order valence-electron chi connectivity index (χ1n) is 7.31. The van der Waals surface area contributed by atoms with Crippen molar-refractivity contribution in [3.8, 4) is 5.75 Å². The fourth-order valence-corrected chi connectivity index (χ4v) is 2.36. The van der Waals surface area contributed by atoms with Crippen molar-refractivity contribution in [1.82, 2.24) is 0 Å². The van der Waals surface area contributed by atoms with Crippen LogP contribution < -0.4 is 10.1 Å². The van der Waals surface area contributed by atoms with E-state index in [0.29, 0.717) is 6.04 Å². The van der Waals surface area contributed by atoms with Crippen molar-refractivity contribution >= 4 is 17.3 Å². The standard InChI is InChI=1S/C18H22ClNO/c1-13(2)21-18-7-5-4-6-17(18)20-14(3)12-15-8-10-16(19)11-9-15/h4-11,13-14,20H,12H2,1-3H3. The molecule has 0 amide bonds. The fourth-order valence-electron chi connectivity index (χ4n) is 2.23. The van der Waals surface area contributed by atoms with Crippen molar-refractivity contribution in [1.29, 1.82) is 0 Å². The summed E-state index contributed by atoms with van der Waals surface area (Å²) in [5, 5.41) is 4.29. The first-order valence-corrected chi connectivity index (χ1v) is 7.69. The summed E-state index contributed by atoms with van der Waals surface area (Å²) < 4.78 is 5.83. The number of nitrogens with one attached hydrogen (secondary N) is 1. The summed E-state index contributed by atoms with van der Waals surface area (Å²) >= 11 is 5.92. The van der Waals surface area contributed by atoms with Gasteiger partial charge >= 0.3 is 0 Å². The summed E-state index contributed by atoms with van der Waals surface area (Å²) in [6.45, 7) is 6.24. The molecule has 2 nitrogen and oxygen atoms in total. The van der Waals surface area contributed by atoms with Crippen LogP contribution in [0.2, 0.25) is 5.02 Å². The molecule has 0 saturated carbocycles. The van der Waals surface area contributed by atoms with Gasteiger partial charge in [0.05, 0.1) is 11.8 Å². The number of benzene rings is 2. The number of hydrogen-bond acceptors (Lipinski definition) is 2. The average molecular weight is 304 g/mol. The van der Waals surface area contributed by atoms with Gasteiger partial charge in [0.1, 0.15) is 5.75 Å². The lowest BCUT2D eigenvalue weighted by Crippen LogP contribution is -2.19. The normalized spacial score (nSPS) is 12.2. The molecule has 0 aliphatic carbocycles. The molecule has 0 heterocycles. The number of hydrogen-bond donors (Lipinski definition) is 1. The molecule has 112 valence electrons. The highest BCUT2D eigenvalue weighted by atomic mass is 35.5. The minimum absolute atomic E-state index is 0.166. The van der Waals surface area contributed by atoms with Gasteiger partial charge in [-0.15, -0.1) is 0 Å². The van der Waals surface area contributed by atoms with Crippen LogP contribution in [0.5, 0.6) is 5.75 Å². The van der Waals surface area contributed by atoms with Gasteiger partial charge < -0.3 is 10.1 Å². The van der Waals surface area contributed by atoms with Gasteiger partial charge in [-0.1, -0.05) is 35.9 Å². The van der Waals surface area contributed by atoms with Gasteiger partial charge in [0.15, 0.2) is 0 Å². The van der Waals surface area contributed by atoms with Crippen LogP contribution in [0.1, 0.15) is 26.3 Å². The van der Waals surface area contributed by atoms with Gasteiger partial charge in [-0.05, 0) is 57.0 Å². The third kappa shape index (κ3) is 4.98. The van der Waals surface area contributed by atoms with E-state index < -0.39 is 0 Å². The fraction of sp³-hybridized carbons (Fsp3) is 0.333. The maximum Gasteiger partial charge on any atom is 0.142 e. The monoisotopic (exact) mass is 303 g/mol. The van der Waals surface area contributed by atoms with Crippen LogP contribution in [0.15, 0.2) is 48.5 Å². The van der Waals surface area contributed by atoms with Crippen molar-refractivity contribution in [2.45, 2.75) is 39.3 Å². The molecular weight excluding hydrogens is 282 g/mol. The molecule has 0 spiro atoms. The first kappa shape index (κ1) is 15.7. The summed E-state index contributed by atoms with van der Waals surface area (Å²) in [6, 6.07) is 16.4. The third-order valence-electron chi connectivity index (χ3n) is 3.11. The predicted octanol–water partition coefficient (Wildman–Crippen LogP) is 5.17. The maximum atomic E-state index is 5.92. The number of halogens is 1. The molecule has 1 atom stereocenters. The molecule has 0 bridgehead atoms. The van der Waals surface area contributed by atoms with Crippen LogP contribution in [0.3, 0.4) is 0 Å². The van der Waals surface area contributed by atoms with E-state index in [1.165, 1.54) is 5.56 Å². The second-order valence-corrected chi connectivity index (χ2v) is 5.98. The van der Waals surface area contributed by atoms with E-state index in [1.807, 2.05) is 44.2 Å². The van der Waals surface area contributed by atoms with E-state index in [0.717, 1.165) is 22.9 Å². The molecule has 0 aliphatic heterocycles. The molecule has 1 unspecified atom stereocenters. The van der Waals surface area contributed by atoms with E-state index >= 15 is 0 Å². The SMILES string of the molecule is CC(Cc1ccc(Cl)cc1)Nc1ccccc1OC(C)C. The number of anilines is 1. The van der Waals surface area contributed by atoms with Crippen LogP contribution >= 0.6 is 11.6 Å². The van der Waals surface area contributed by atoms with Crippen molar-refractivity contribution < 1.29 is 4.74 Å². The largest absolute Gasteiger partial charge is 0.489 e. The number of ether oxygens (including phenoxy) is 1. The highest BCUT2D eigenvalue weighted by Crippen LogP contribution is 2.26. The van der Waals surface area contributed by atoms with Gasteiger partial charge in [0.25, 0.3) is 0 Å². The van der Waals surface area contributed by atoms with E-state index in [9.17, 15) is 0 Å². The summed E-state index contributed by atoms with van der Waals surface area (Å²) in [5.74, 6) is 0.899. The smallest absolute Gasteiger partial charge is 0.142 e. The summed E-state index contributed by atoms with van der Waals surface area (Å²) in [5.41, 5.74) is 2.30. The quantitative estimate of drug-likeness (QED) is 0.795. The minimum Gasteiger partial charge on any atom is -0.489 e. The molecule has 1 N–H and O–H groups in total. The predicted molar refractivity (Wildman–Crippen MR) is 90.4 cm³/mol. The van der Waals surface area contributed by atoms with E-state index in [4.69, 9.17) is 16.3 Å². The Labute approximate surface area is 132 Å². The summed E-state index contributed by atoms with van der Waals surface area (Å²) in [7, 11) is 0. The van der Waals surface area contributed by atoms with Crippen LogP contribution in [0.25, 0.3) is 0 Å². The zero-order chi connectivity index (χ0) is 15.2.